The average Bonchev–Trinajstić information content (AvgIpc) is 2.55. The van der Waals surface area contributed by atoms with Gasteiger partial charge in [-0.15, -0.1) is 0 Å². The van der Waals surface area contributed by atoms with E-state index in [-0.39, 0.29) is 11.7 Å². The van der Waals surface area contributed by atoms with Gasteiger partial charge in [-0.1, -0.05) is 37.3 Å². The van der Waals surface area contributed by atoms with Crippen LogP contribution in [0.15, 0.2) is 48.5 Å². The fourth-order valence-electron chi connectivity index (χ4n) is 2.45. The largest absolute Gasteiger partial charge is 0.497 e. The van der Waals surface area contributed by atoms with Crippen LogP contribution in [0, 0.1) is 0 Å². The van der Waals surface area contributed by atoms with Crippen LogP contribution in [-0.4, -0.2) is 20.0 Å². The van der Waals surface area contributed by atoms with Gasteiger partial charge in [-0.05, 0) is 24.1 Å². The van der Waals surface area contributed by atoms with E-state index in [1.807, 2.05) is 37.3 Å². The smallest absolute Gasteiger partial charge is 0.174 e. The highest BCUT2D eigenvalue weighted by molar-refractivity contribution is 6.03. The van der Waals surface area contributed by atoms with Crippen LogP contribution in [0.2, 0.25) is 0 Å². The maximum atomic E-state index is 12.8. The maximum absolute atomic E-state index is 12.8. The van der Waals surface area contributed by atoms with Gasteiger partial charge in [-0.3, -0.25) is 4.79 Å². The van der Waals surface area contributed by atoms with Gasteiger partial charge in [-0.25, -0.2) is 0 Å². The molecule has 0 heterocycles. The molecule has 3 heteroatoms. The zero-order valence-electron chi connectivity index (χ0n) is 12.6. The van der Waals surface area contributed by atoms with Crippen LogP contribution in [0.25, 0.3) is 0 Å². The SMILES string of the molecule is CCC(C(=O)c1ccc(OC)cc1OC)c1ccccc1. The van der Waals surface area contributed by atoms with E-state index in [9.17, 15) is 4.79 Å². The first kappa shape index (κ1) is 15.1. The minimum absolute atomic E-state index is 0.0724. The first-order valence-corrected chi connectivity index (χ1v) is 7.02. The number of Topliss-reactive ketones (excluding diaryl/α,β-unsaturated/α-hetero) is 1. The van der Waals surface area contributed by atoms with E-state index >= 15 is 0 Å². The van der Waals surface area contributed by atoms with Crippen LogP contribution in [0.1, 0.15) is 35.2 Å². The number of carbonyl (C=O) groups is 1. The van der Waals surface area contributed by atoms with E-state index in [1.165, 1.54) is 0 Å². The Hall–Kier alpha value is -2.29. The zero-order chi connectivity index (χ0) is 15.2. The molecule has 2 aromatic carbocycles. The molecular weight excluding hydrogens is 264 g/mol. The number of hydrogen-bond donors (Lipinski definition) is 0. The summed E-state index contributed by atoms with van der Waals surface area (Å²) in [6.45, 7) is 2.02. The molecule has 0 saturated carbocycles. The van der Waals surface area contributed by atoms with Crippen molar-refractivity contribution in [1.82, 2.24) is 0 Å². The Balaban J connectivity index is 2.38. The molecule has 0 bridgehead atoms. The quantitative estimate of drug-likeness (QED) is 0.750. The van der Waals surface area contributed by atoms with Crippen LogP contribution in [0.3, 0.4) is 0 Å². The summed E-state index contributed by atoms with van der Waals surface area (Å²) in [5.41, 5.74) is 1.62. The molecule has 110 valence electrons. The zero-order valence-corrected chi connectivity index (χ0v) is 12.6. The Morgan fingerprint density at radius 1 is 1.05 bits per heavy atom. The van der Waals surface area contributed by atoms with Gasteiger partial charge < -0.3 is 9.47 Å². The van der Waals surface area contributed by atoms with Crippen molar-refractivity contribution in [3.63, 3.8) is 0 Å². The summed E-state index contributed by atoms with van der Waals surface area (Å²) in [7, 11) is 3.16. The third kappa shape index (κ3) is 3.24. The molecule has 0 spiro atoms. The van der Waals surface area contributed by atoms with E-state index in [2.05, 4.69) is 0 Å². The molecule has 0 aliphatic carbocycles. The number of carbonyl (C=O) groups excluding carboxylic acids is 1. The predicted octanol–water partition coefficient (Wildman–Crippen LogP) is 4.08. The van der Waals surface area contributed by atoms with Crippen LogP contribution in [0.5, 0.6) is 11.5 Å². The van der Waals surface area contributed by atoms with Gasteiger partial charge in [0, 0.05) is 12.0 Å². The van der Waals surface area contributed by atoms with Crippen LogP contribution in [-0.2, 0) is 0 Å². The molecule has 0 aromatic heterocycles. The molecule has 0 saturated heterocycles. The highest BCUT2D eigenvalue weighted by Crippen LogP contribution is 2.31. The summed E-state index contributed by atoms with van der Waals surface area (Å²) < 4.78 is 10.5. The lowest BCUT2D eigenvalue weighted by Crippen LogP contribution is -2.13. The van der Waals surface area contributed by atoms with Gasteiger partial charge in [0.25, 0.3) is 0 Å². The van der Waals surface area contributed by atoms with E-state index in [0.29, 0.717) is 17.1 Å². The summed E-state index contributed by atoms with van der Waals surface area (Å²) in [6.07, 6.45) is 0.748. The highest BCUT2D eigenvalue weighted by Gasteiger charge is 2.23. The number of hydrogen-bond acceptors (Lipinski definition) is 3. The number of rotatable bonds is 6. The highest BCUT2D eigenvalue weighted by atomic mass is 16.5. The van der Waals surface area contributed by atoms with Gasteiger partial charge in [-0.2, -0.15) is 0 Å². The molecule has 0 aliphatic heterocycles. The molecule has 1 atom stereocenters. The lowest BCUT2D eigenvalue weighted by atomic mass is 9.88. The fourth-order valence-corrected chi connectivity index (χ4v) is 2.45. The summed E-state index contributed by atoms with van der Waals surface area (Å²) in [5, 5.41) is 0. The van der Waals surface area contributed by atoms with Crippen LogP contribution in [0.4, 0.5) is 0 Å². The van der Waals surface area contributed by atoms with E-state index in [1.54, 1.807) is 32.4 Å². The third-order valence-corrected chi connectivity index (χ3v) is 3.60. The summed E-state index contributed by atoms with van der Waals surface area (Å²) in [5.74, 6) is 1.14. The summed E-state index contributed by atoms with van der Waals surface area (Å²) in [6, 6.07) is 15.1. The lowest BCUT2D eigenvalue weighted by Gasteiger charge is -2.16. The van der Waals surface area contributed by atoms with Crippen molar-refractivity contribution in [2.24, 2.45) is 0 Å². The molecule has 2 rings (SSSR count). The van der Waals surface area contributed by atoms with E-state index in [4.69, 9.17) is 9.47 Å². The Kier molecular flexibility index (Phi) is 4.99. The molecule has 0 fully saturated rings. The first-order chi connectivity index (χ1) is 10.2. The second-order valence-corrected chi connectivity index (χ2v) is 4.80. The predicted molar refractivity (Wildman–Crippen MR) is 83.4 cm³/mol. The monoisotopic (exact) mass is 284 g/mol. The maximum Gasteiger partial charge on any atom is 0.174 e. The number of benzene rings is 2. The lowest BCUT2D eigenvalue weighted by molar-refractivity contribution is 0.0954. The van der Waals surface area contributed by atoms with Gasteiger partial charge in [0.15, 0.2) is 5.78 Å². The third-order valence-electron chi connectivity index (χ3n) is 3.60. The number of ketones is 1. The number of methoxy groups -OCH3 is 2. The molecule has 2 aromatic rings. The van der Waals surface area contributed by atoms with Crippen molar-refractivity contribution in [1.29, 1.82) is 0 Å². The second kappa shape index (κ2) is 6.93. The van der Waals surface area contributed by atoms with Gasteiger partial charge in [0.1, 0.15) is 11.5 Å². The van der Waals surface area contributed by atoms with Crippen molar-refractivity contribution >= 4 is 5.78 Å². The molecule has 1 unspecified atom stereocenters. The average molecular weight is 284 g/mol. The second-order valence-electron chi connectivity index (χ2n) is 4.80. The molecule has 0 radical (unpaired) electrons. The normalized spacial score (nSPS) is 11.8. The number of ether oxygens (including phenoxy) is 2. The van der Waals surface area contributed by atoms with Crippen molar-refractivity contribution in [3.8, 4) is 11.5 Å². The molecule has 0 aliphatic rings. The van der Waals surface area contributed by atoms with Gasteiger partial charge >= 0.3 is 0 Å². The fraction of sp³-hybridized carbons (Fsp3) is 0.278. The van der Waals surface area contributed by atoms with Crippen LogP contribution >= 0.6 is 0 Å². The van der Waals surface area contributed by atoms with Crippen molar-refractivity contribution in [2.75, 3.05) is 14.2 Å². The Labute approximate surface area is 125 Å². The van der Waals surface area contributed by atoms with Crippen molar-refractivity contribution in [3.05, 3.63) is 59.7 Å². The van der Waals surface area contributed by atoms with Gasteiger partial charge in [0.05, 0.1) is 19.8 Å². The van der Waals surface area contributed by atoms with E-state index in [0.717, 1.165) is 12.0 Å². The Morgan fingerprint density at radius 2 is 1.76 bits per heavy atom. The Bertz CT molecular complexity index is 605. The van der Waals surface area contributed by atoms with Gasteiger partial charge in [0.2, 0.25) is 0 Å². The van der Waals surface area contributed by atoms with Crippen LogP contribution < -0.4 is 9.47 Å². The minimum Gasteiger partial charge on any atom is -0.497 e. The first-order valence-electron chi connectivity index (χ1n) is 7.02. The molecule has 0 amide bonds. The molecular formula is C18H20O3. The summed E-state index contributed by atoms with van der Waals surface area (Å²) in [4.78, 5) is 12.8. The standard InChI is InChI=1S/C18H20O3/c1-4-15(13-8-6-5-7-9-13)18(19)16-11-10-14(20-2)12-17(16)21-3/h5-12,15H,4H2,1-3H3. The molecule has 3 nitrogen and oxygen atoms in total. The molecule has 21 heavy (non-hydrogen) atoms. The summed E-state index contributed by atoms with van der Waals surface area (Å²) >= 11 is 0. The topological polar surface area (TPSA) is 35.5 Å². The van der Waals surface area contributed by atoms with Crippen molar-refractivity contribution < 1.29 is 14.3 Å². The Morgan fingerprint density at radius 3 is 2.33 bits per heavy atom. The van der Waals surface area contributed by atoms with E-state index < -0.39 is 0 Å². The molecule has 0 N–H and O–H groups in total. The van der Waals surface area contributed by atoms with Crippen molar-refractivity contribution in [2.45, 2.75) is 19.3 Å². The minimum atomic E-state index is -0.159.